The molecule has 0 bridgehead atoms. The van der Waals surface area contributed by atoms with Gasteiger partial charge in [0.2, 0.25) is 10.0 Å². The summed E-state index contributed by atoms with van der Waals surface area (Å²) >= 11 is 0. The van der Waals surface area contributed by atoms with Crippen molar-refractivity contribution in [1.29, 1.82) is 0 Å². The third-order valence-corrected chi connectivity index (χ3v) is 7.25. The summed E-state index contributed by atoms with van der Waals surface area (Å²) in [5, 5.41) is 43.1. The number of carbonyl (C=O) groups is 1. The average Bonchev–Trinajstić information content (AvgIpc) is 2.90. The van der Waals surface area contributed by atoms with E-state index < -0.39 is 58.1 Å². The first-order valence-electron chi connectivity index (χ1n) is 12.3. The number of rotatable bonds is 12. The molecule has 3 rings (SSSR count). The summed E-state index contributed by atoms with van der Waals surface area (Å²) in [4.78, 5) is 12.1. The number of ether oxygens (including phenoxy) is 3. The van der Waals surface area contributed by atoms with Crippen LogP contribution in [-0.4, -0.2) is 85.2 Å². The maximum absolute atomic E-state index is 13.7. The molecule has 12 nitrogen and oxygen atoms in total. The zero-order valence-electron chi connectivity index (χ0n) is 21.1. The van der Waals surface area contributed by atoms with Crippen LogP contribution in [0, 0.1) is 0 Å². The molecule has 1 fully saturated rings. The van der Waals surface area contributed by atoms with Gasteiger partial charge < -0.3 is 40.0 Å². The highest BCUT2D eigenvalue weighted by atomic mass is 32.2. The normalized spacial score (nSPS) is 23.6. The SMILES string of the molecule is CCCCNc1cc(C(=O)OCC)cc(S(=O)(=O)NC2O[C@H](CO)[C@@H](O)[C@H](O)[C@H]2O)c1Oc1ccccc1. The first-order valence-corrected chi connectivity index (χ1v) is 13.8. The molecule has 0 saturated carbocycles. The number of sulfonamides is 1. The lowest BCUT2D eigenvalue weighted by molar-refractivity contribution is -0.231. The van der Waals surface area contributed by atoms with Gasteiger partial charge in [0, 0.05) is 6.54 Å². The van der Waals surface area contributed by atoms with E-state index in [4.69, 9.17) is 14.2 Å². The van der Waals surface area contributed by atoms with Crippen molar-refractivity contribution in [2.45, 2.75) is 62.2 Å². The summed E-state index contributed by atoms with van der Waals surface area (Å²) in [6, 6.07) is 10.9. The molecule has 2 aromatic rings. The van der Waals surface area contributed by atoms with E-state index in [2.05, 4.69) is 10.0 Å². The smallest absolute Gasteiger partial charge is 0.338 e. The molecule has 1 unspecified atom stereocenters. The summed E-state index contributed by atoms with van der Waals surface area (Å²) in [7, 11) is -4.62. The maximum Gasteiger partial charge on any atom is 0.338 e. The third-order valence-electron chi connectivity index (χ3n) is 5.83. The number of hydrogen-bond acceptors (Lipinski definition) is 11. The van der Waals surface area contributed by atoms with E-state index in [1.165, 1.54) is 6.07 Å². The lowest BCUT2D eigenvalue weighted by Gasteiger charge is -2.40. The number of anilines is 1. The van der Waals surface area contributed by atoms with Crippen molar-refractivity contribution < 1.29 is 47.8 Å². The fourth-order valence-corrected chi connectivity index (χ4v) is 5.10. The molecule has 210 valence electrons. The van der Waals surface area contributed by atoms with E-state index >= 15 is 0 Å². The molecule has 6 N–H and O–H groups in total. The quantitative estimate of drug-likeness (QED) is 0.162. The second-order valence-electron chi connectivity index (χ2n) is 8.64. The molecule has 0 spiro atoms. The van der Waals surface area contributed by atoms with E-state index in [1.807, 2.05) is 6.92 Å². The summed E-state index contributed by atoms with van der Waals surface area (Å²) in [5.41, 5.74) is 0.141. The van der Waals surface area contributed by atoms with Gasteiger partial charge in [-0.2, -0.15) is 4.72 Å². The fourth-order valence-electron chi connectivity index (χ4n) is 3.79. The number of nitrogens with one attached hydrogen (secondary N) is 2. The Hall–Kier alpha value is -2.78. The van der Waals surface area contributed by atoms with E-state index in [0.717, 1.165) is 18.9 Å². The second kappa shape index (κ2) is 13.3. The second-order valence-corrected chi connectivity index (χ2v) is 10.3. The molecule has 1 aliphatic rings. The molecule has 1 heterocycles. The Balaban J connectivity index is 2.11. The van der Waals surface area contributed by atoms with Crippen LogP contribution in [0.5, 0.6) is 11.5 Å². The number of aliphatic hydroxyl groups is 4. The highest BCUT2D eigenvalue weighted by Crippen LogP contribution is 2.38. The van der Waals surface area contributed by atoms with Crippen LogP contribution in [0.3, 0.4) is 0 Å². The molecule has 5 atom stereocenters. The minimum Gasteiger partial charge on any atom is -0.462 e. The van der Waals surface area contributed by atoms with Gasteiger partial charge in [-0.15, -0.1) is 0 Å². The van der Waals surface area contributed by atoms with Crippen molar-refractivity contribution in [2.24, 2.45) is 0 Å². The Kier molecular flexibility index (Phi) is 10.4. The van der Waals surface area contributed by atoms with Crippen molar-refractivity contribution in [3.05, 3.63) is 48.0 Å². The first kappa shape index (κ1) is 29.8. The van der Waals surface area contributed by atoms with Gasteiger partial charge in [-0.3, -0.25) is 0 Å². The number of hydrogen-bond donors (Lipinski definition) is 6. The van der Waals surface area contributed by atoms with Gasteiger partial charge in [0.15, 0.2) is 12.0 Å². The standard InChI is InChI=1S/C25H34N2O10S/c1-3-5-11-26-17-12-15(25(32)35-4-2)13-19(23(17)36-16-9-7-6-8-10-16)38(33,34)27-24-22(31)21(30)20(29)18(14-28)37-24/h6-10,12-13,18,20-22,24,26-31H,3-5,11,14H2,1-2H3/t18-,20-,21+,22-,24?/m1/s1. The van der Waals surface area contributed by atoms with Crippen molar-refractivity contribution in [1.82, 2.24) is 4.72 Å². The highest BCUT2D eigenvalue weighted by Gasteiger charge is 2.45. The number of benzene rings is 2. The van der Waals surface area contributed by atoms with Gasteiger partial charge in [0.05, 0.1) is 24.5 Å². The van der Waals surface area contributed by atoms with Gasteiger partial charge in [-0.05, 0) is 37.6 Å². The van der Waals surface area contributed by atoms with Crippen molar-refractivity contribution >= 4 is 21.7 Å². The highest BCUT2D eigenvalue weighted by molar-refractivity contribution is 7.89. The van der Waals surface area contributed by atoms with E-state index in [1.54, 1.807) is 37.3 Å². The lowest BCUT2D eigenvalue weighted by atomic mass is 9.99. The van der Waals surface area contributed by atoms with Crippen molar-refractivity contribution in [3.63, 3.8) is 0 Å². The van der Waals surface area contributed by atoms with Crippen molar-refractivity contribution in [2.75, 3.05) is 25.1 Å². The van der Waals surface area contributed by atoms with Gasteiger partial charge in [0.25, 0.3) is 0 Å². The Morgan fingerprint density at radius 3 is 2.39 bits per heavy atom. The van der Waals surface area contributed by atoms with Crippen LogP contribution in [0.25, 0.3) is 0 Å². The molecule has 13 heteroatoms. The molecular weight excluding hydrogens is 520 g/mol. The monoisotopic (exact) mass is 554 g/mol. The van der Waals surface area contributed by atoms with Crippen LogP contribution >= 0.6 is 0 Å². The molecule has 38 heavy (non-hydrogen) atoms. The number of aliphatic hydroxyl groups excluding tert-OH is 4. The Morgan fingerprint density at radius 2 is 1.76 bits per heavy atom. The minimum atomic E-state index is -4.62. The van der Waals surface area contributed by atoms with E-state index in [9.17, 15) is 33.6 Å². The predicted octanol–water partition coefficient (Wildman–Crippen LogP) is 0.946. The number of unbranched alkanes of at least 4 members (excludes halogenated alkanes) is 1. The average molecular weight is 555 g/mol. The predicted molar refractivity (Wildman–Crippen MR) is 136 cm³/mol. The van der Waals surface area contributed by atoms with Crippen LogP contribution in [0.4, 0.5) is 5.69 Å². The summed E-state index contributed by atoms with van der Waals surface area (Å²) < 4.78 is 45.9. The third kappa shape index (κ3) is 6.99. The van der Waals surface area contributed by atoms with E-state index in [-0.39, 0.29) is 23.6 Å². The number of carbonyl (C=O) groups excluding carboxylic acids is 1. The van der Waals surface area contributed by atoms with Crippen molar-refractivity contribution in [3.8, 4) is 11.5 Å². The molecule has 0 aromatic heterocycles. The molecule has 1 aliphatic heterocycles. The van der Waals surface area contributed by atoms with Crippen LogP contribution in [-0.2, 0) is 19.5 Å². The molecule has 2 aromatic carbocycles. The largest absolute Gasteiger partial charge is 0.462 e. The number of esters is 1. The summed E-state index contributed by atoms with van der Waals surface area (Å²) in [5.74, 6) is -0.571. The molecule has 0 amide bonds. The first-order chi connectivity index (χ1) is 18.1. The topological polar surface area (TPSA) is 184 Å². The zero-order chi connectivity index (χ0) is 27.9. The van der Waals surface area contributed by atoms with Crippen LogP contribution in [0.1, 0.15) is 37.0 Å². The zero-order valence-corrected chi connectivity index (χ0v) is 21.9. The molecule has 0 aliphatic carbocycles. The summed E-state index contributed by atoms with van der Waals surface area (Å²) in [6.45, 7) is 3.37. The fraction of sp³-hybridized carbons (Fsp3) is 0.480. The van der Waals surface area contributed by atoms with Gasteiger partial charge in [-0.1, -0.05) is 31.5 Å². The summed E-state index contributed by atoms with van der Waals surface area (Å²) in [6.07, 6.45) is -6.80. The van der Waals surface area contributed by atoms with Crippen LogP contribution in [0.2, 0.25) is 0 Å². The van der Waals surface area contributed by atoms with E-state index in [0.29, 0.717) is 12.3 Å². The van der Waals surface area contributed by atoms with Gasteiger partial charge in [0.1, 0.15) is 35.1 Å². The molecular formula is C25H34N2O10S. The molecule has 0 radical (unpaired) electrons. The lowest BCUT2D eigenvalue weighted by Crippen LogP contribution is -2.63. The Bertz CT molecular complexity index is 1180. The minimum absolute atomic E-state index is 0.0604. The number of para-hydroxylation sites is 1. The Morgan fingerprint density at radius 1 is 1.05 bits per heavy atom. The Labute approximate surface area is 221 Å². The van der Waals surface area contributed by atoms with Gasteiger partial charge in [-0.25, -0.2) is 13.2 Å². The van der Waals surface area contributed by atoms with Crippen LogP contribution < -0.4 is 14.8 Å². The van der Waals surface area contributed by atoms with Gasteiger partial charge >= 0.3 is 5.97 Å². The molecule has 1 saturated heterocycles. The van der Waals surface area contributed by atoms with Crippen LogP contribution in [0.15, 0.2) is 47.4 Å². The maximum atomic E-state index is 13.7.